The van der Waals surface area contributed by atoms with Crippen LogP contribution in [-0.4, -0.2) is 34.9 Å². The number of ether oxygens (including phenoxy) is 1. The summed E-state index contributed by atoms with van der Waals surface area (Å²) in [5, 5.41) is 10.7. The predicted molar refractivity (Wildman–Crippen MR) is 76.8 cm³/mol. The number of carbonyl (C=O) groups is 2. The van der Waals surface area contributed by atoms with Crippen LogP contribution in [0.3, 0.4) is 0 Å². The van der Waals surface area contributed by atoms with Crippen LogP contribution in [0.5, 0.6) is 0 Å². The fourth-order valence-electron chi connectivity index (χ4n) is 1.46. The van der Waals surface area contributed by atoms with Crippen LogP contribution in [0.2, 0.25) is 0 Å². The highest BCUT2D eigenvalue weighted by atomic mass is 32.2. The van der Waals surface area contributed by atoms with Crippen molar-refractivity contribution >= 4 is 29.3 Å². The van der Waals surface area contributed by atoms with Crippen molar-refractivity contribution in [3.8, 4) is 11.5 Å². The maximum atomic E-state index is 11.0. The third kappa shape index (κ3) is 4.32. The van der Waals surface area contributed by atoms with E-state index in [0.717, 1.165) is 17.3 Å². The van der Waals surface area contributed by atoms with E-state index in [1.807, 2.05) is 0 Å². The van der Waals surface area contributed by atoms with E-state index in [1.54, 1.807) is 24.3 Å². The summed E-state index contributed by atoms with van der Waals surface area (Å²) in [7, 11) is 1.32. The number of hydrogen-bond acceptors (Lipinski definition) is 7. The summed E-state index contributed by atoms with van der Waals surface area (Å²) in [6, 6.07) is 6.99. The minimum Gasteiger partial charge on any atom is -0.468 e. The van der Waals surface area contributed by atoms with Crippen LogP contribution in [0.25, 0.3) is 11.5 Å². The summed E-state index contributed by atoms with van der Waals surface area (Å²) >= 11 is 1.11. The second kappa shape index (κ2) is 6.89. The molecule has 110 valence electrons. The molecule has 8 heteroatoms. The molecular formula is C13H13N3O4S. The first-order valence-electron chi connectivity index (χ1n) is 5.99. The number of anilines is 1. The van der Waals surface area contributed by atoms with Crippen molar-refractivity contribution in [2.45, 2.75) is 12.1 Å². The highest BCUT2D eigenvalue weighted by molar-refractivity contribution is 7.99. The monoisotopic (exact) mass is 307 g/mol. The third-order valence-corrected chi connectivity index (χ3v) is 3.19. The number of thioether (sulfide) groups is 1. The van der Waals surface area contributed by atoms with E-state index < -0.39 is 0 Å². The molecule has 0 bridgehead atoms. The number of benzene rings is 1. The lowest BCUT2D eigenvalue weighted by Crippen LogP contribution is -2.05. The second-order valence-electron chi connectivity index (χ2n) is 4.00. The zero-order chi connectivity index (χ0) is 15.2. The summed E-state index contributed by atoms with van der Waals surface area (Å²) in [4.78, 5) is 22.0. The Hall–Kier alpha value is -2.35. The van der Waals surface area contributed by atoms with Gasteiger partial charge >= 0.3 is 5.97 Å². The van der Waals surface area contributed by atoms with Gasteiger partial charge in [-0.25, -0.2) is 0 Å². The number of nitrogens with one attached hydrogen (secondary N) is 1. The average Bonchev–Trinajstić information content (AvgIpc) is 2.94. The average molecular weight is 307 g/mol. The van der Waals surface area contributed by atoms with Crippen molar-refractivity contribution in [2.24, 2.45) is 0 Å². The zero-order valence-electron chi connectivity index (χ0n) is 11.5. The number of nitrogens with zero attached hydrogens (tertiary/aromatic N) is 2. The first-order chi connectivity index (χ1) is 10.1. The quantitative estimate of drug-likeness (QED) is 0.666. The van der Waals surface area contributed by atoms with Gasteiger partial charge in [0.2, 0.25) is 11.8 Å². The van der Waals surface area contributed by atoms with Gasteiger partial charge in [-0.15, -0.1) is 10.2 Å². The lowest BCUT2D eigenvalue weighted by atomic mass is 10.2. The molecule has 0 fully saturated rings. The van der Waals surface area contributed by atoms with Crippen LogP contribution < -0.4 is 5.32 Å². The van der Waals surface area contributed by atoms with Gasteiger partial charge < -0.3 is 14.5 Å². The Morgan fingerprint density at radius 3 is 2.62 bits per heavy atom. The molecule has 0 unspecified atom stereocenters. The molecule has 0 radical (unpaired) electrons. The van der Waals surface area contributed by atoms with Gasteiger partial charge in [-0.3, -0.25) is 9.59 Å². The molecule has 21 heavy (non-hydrogen) atoms. The van der Waals surface area contributed by atoms with Gasteiger partial charge in [0.1, 0.15) is 5.75 Å². The lowest BCUT2D eigenvalue weighted by Gasteiger charge is -2.01. The first kappa shape index (κ1) is 15.0. The summed E-state index contributed by atoms with van der Waals surface area (Å²) in [6.07, 6.45) is 0. The van der Waals surface area contributed by atoms with Crippen LogP contribution in [0.4, 0.5) is 5.69 Å². The smallest absolute Gasteiger partial charge is 0.316 e. The summed E-state index contributed by atoms with van der Waals surface area (Å²) in [5.74, 6) is -0.0437. The third-order valence-electron chi connectivity index (χ3n) is 2.40. The number of hydrogen-bond donors (Lipinski definition) is 1. The minimum atomic E-state index is -0.362. The predicted octanol–water partition coefficient (Wildman–Crippen LogP) is 1.96. The van der Waals surface area contributed by atoms with Crippen LogP contribution in [-0.2, 0) is 14.3 Å². The fraction of sp³-hybridized carbons (Fsp3) is 0.231. The number of esters is 1. The van der Waals surface area contributed by atoms with E-state index >= 15 is 0 Å². The van der Waals surface area contributed by atoms with Gasteiger partial charge in [-0.05, 0) is 24.3 Å². The van der Waals surface area contributed by atoms with Crippen molar-refractivity contribution in [1.29, 1.82) is 0 Å². The molecule has 0 spiro atoms. The summed E-state index contributed by atoms with van der Waals surface area (Å²) in [5.41, 5.74) is 1.41. The maximum absolute atomic E-state index is 11.0. The van der Waals surface area contributed by atoms with Crippen molar-refractivity contribution in [3.63, 3.8) is 0 Å². The van der Waals surface area contributed by atoms with Crippen LogP contribution in [0, 0.1) is 0 Å². The Morgan fingerprint density at radius 2 is 2.00 bits per heavy atom. The molecule has 1 N–H and O–H groups in total. The summed E-state index contributed by atoms with van der Waals surface area (Å²) in [6.45, 7) is 1.44. The topological polar surface area (TPSA) is 94.3 Å². The van der Waals surface area contributed by atoms with Crippen LogP contribution in [0.1, 0.15) is 6.92 Å². The number of aromatic nitrogens is 2. The molecule has 0 aliphatic rings. The molecule has 2 rings (SSSR count). The number of rotatable bonds is 5. The second-order valence-corrected chi connectivity index (χ2v) is 4.92. The highest BCUT2D eigenvalue weighted by Gasteiger charge is 2.11. The minimum absolute atomic E-state index is 0.111. The number of carbonyl (C=O) groups excluding carboxylic acids is 2. The summed E-state index contributed by atoms with van der Waals surface area (Å²) < 4.78 is 9.96. The molecular weight excluding hydrogens is 294 g/mol. The molecule has 0 saturated heterocycles. The zero-order valence-corrected chi connectivity index (χ0v) is 12.3. The SMILES string of the molecule is COC(=O)CSc1nnc(-c2ccc(NC(C)=O)cc2)o1. The lowest BCUT2D eigenvalue weighted by molar-refractivity contribution is -0.137. The van der Waals surface area contributed by atoms with E-state index in [0.29, 0.717) is 16.8 Å². The van der Waals surface area contributed by atoms with E-state index in [2.05, 4.69) is 20.3 Å². The normalized spacial score (nSPS) is 10.2. The highest BCUT2D eigenvalue weighted by Crippen LogP contribution is 2.24. The fourth-order valence-corrected chi connectivity index (χ4v) is 2.06. The standard InChI is InChI=1S/C13H13N3O4S/c1-8(17)14-10-5-3-9(4-6-10)12-15-16-13(20-12)21-7-11(18)19-2/h3-6H,7H2,1-2H3,(H,14,17). The van der Waals surface area contributed by atoms with Gasteiger partial charge in [-0.2, -0.15) is 0 Å². The Labute approximate surface area is 125 Å². The maximum Gasteiger partial charge on any atom is 0.316 e. The van der Waals surface area contributed by atoms with Gasteiger partial charge in [-0.1, -0.05) is 11.8 Å². The molecule has 1 heterocycles. The molecule has 1 aromatic heterocycles. The van der Waals surface area contributed by atoms with Gasteiger partial charge in [0.05, 0.1) is 7.11 Å². The largest absolute Gasteiger partial charge is 0.468 e. The molecule has 7 nitrogen and oxygen atoms in total. The molecule has 1 aromatic carbocycles. The Morgan fingerprint density at radius 1 is 1.29 bits per heavy atom. The van der Waals surface area contributed by atoms with Crippen LogP contribution >= 0.6 is 11.8 Å². The number of methoxy groups -OCH3 is 1. The number of amides is 1. The Kier molecular flexibility index (Phi) is 4.94. The van der Waals surface area contributed by atoms with Crippen molar-refractivity contribution in [2.75, 3.05) is 18.2 Å². The van der Waals surface area contributed by atoms with Gasteiger partial charge in [0, 0.05) is 18.2 Å². The molecule has 0 atom stereocenters. The van der Waals surface area contributed by atoms with Crippen LogP contribution in [0.15, 0.2) is 33.9 Å². The van der Waals surface area contributed by atoms with Gasteiger partial charge in [0.25, 0.3) is 5.22 Å². The van der Waals surface area contributed by atoms with Crippen molar-refractivity contribution < 1.29 is 18.7 Å². The Balaban J connectivity index is 2.03. The molecule has 0 aliphatic heterocycles. The molecule has 0 aliphatic carbocycles. The van der Waals surface area contributed by atoms with Crippen molar-refractivity contribution in [1.82, 2.24) is 10.2 Å². The van der Waals surface area contributed by atoms with E-state index in [1.165, 1.54) is 14.0 Å². The van der Waals surface area contributed by atoms with Crippen molar-refractivity contribution in [3.05, 3.63) is 24.3 Å². The van der Waals surface area contributed by atoms with E-state index in [9.17, 15) is 9.59 Å². The Bertz CT molecular complexity index is 639. The van der Waals surface area contributed by atoms with E-state index in [-0.39, 0.29) is 17.6 Å². The molecule has 1 amide bonds. The molecule has 2 aromatic rings. The van der Waals surface area contributed by atoms with Gasteiger partial charge in [0.15, 0.2) is 0 Å². The van der Waals surface area contributed by atoms with E-state index in [4.69, 9.17) is 4.42 Å². The first-order valence-corrected chi connectivity index (χ1v) is 6.98. The molecule has 0 saturated carbocycles.